The zero-order chi connectivity index (χ0) is 15.5. The molecule has 0 bridgehead atoms. The molecular weight excluding hydrogens is 264 g/mol. The zero-order valence-electron chi connectivity index (χ0n) is 13.9. The second kappa shape index (κ2) is 6.57. The molecule has 0 heterocycles. The zero-order valence-corrected chi connectivity index (χ0v) is 14.9. The van der Waals surface area contributed by atoms with E-state index in [1.807, 2.05) is 24.3 Å². The first kappa shape index (κ1) is 17.0. The first-order chi connectivity index (χ1) is 9.21. The standard InChI is InChI=1S/C17H28O2Si/c1-12(2)20(13(3)4,14(5)6)19-17-10-8-16(9-11-17)15(7)18/h8-14H,1-7H3. The van der Waals surface area contributed by atoms with Gasteiger partial charge >= 0.3 is 0 Å². The van der Waals surface area contributed by atoms with Crippen molar-refractivity contribution in [3.05, 3.63) is 29.8 Å². The molecule has 0 aliphatic rings. The van der Waals surface area contributed by atoms with Crippen LogP contribution in [0.1, 0.15) is 58.8 Å². The summed E-state index contributed by atoms with van der Waals surface area (Å²) in [5, 5.41) is 0. The molecule has 1 aromatic carbocycles. The summed E-state index contributed by atoms with van der Waals surface area (Å²) in [6.07, 6.45) is 0. The van der Waals surface area contributed by atoms with E-state index in [9.17, 15) is 4.79 Å². The van der Waals surface area contributed by atoms with Gasteiger partial charge < -0.3 is 4.43 Å². The molecule has 0 radical (unpaired) electrons. The molecule has 0 N–H and O–H groups in total. The summed E-state index contributed by atoms with van der Waals surface area (Å²) in [7, 11) is -1.90. The van der Waals surface area contributed by atoms with Gasteiger partial charge in [-0.3, -0.25) is 4.79 Å². The molecule has 1 rings (SSSR count). The van der Waals surface area contributed by atoms with Crippen LogP contribution in [0.3, 0.4) is 0 Å². The summed E-state index contributed by atoms with van der Waals surface area (Å²) < 4.78 is 6.55. The maximum absolute atomic E-state index is 11.3. The molecule has 20 heavy (non-hydrogen) atoms. The average molecular weight is 292 g/mol. The summed E-state index contributed by atoms with van der Waals surface area (Å²) in [5.41, 5.74) is 2.39. The first-order valence-corrected chi connectivity index (χ1v) is 9.65. The van der Waals surface area contributed by atoms with Gasteiger partial charge in [-0.05, 0) is 47.8 Å². The van der Waals surface area contributed by atoms with Gasteiger partial charge in [0.15, 0.2) is 5.78 Å². The monoisotopic (exact) mass is 292 g/mol. The number of hydrogen-bond donors (Lipinski definition) is 0. The Kier molecular flexibility index (Phi) is 5.57. The quantitative estimate of drug-likeness (QED) is 0.515. The van der Waals surface area contributed by atoms with Crippen molar-refractivity contribution >= 4 is 14.1 Å². The van der Waals surface area contributed by atoms with Crippen molar-refractivity contribution in [2.45, 2.75) is 65.1 Å². The highest BCUT2D eigenvalue weighted by atomic mass is 28.4. The Morgan fingerprint density at radius 3 is 1.60 bits per heavy atom. The maximum atomic E-state index is 11.3. The fourth-order valence-electron chi connectivity index (χ4n) is 3.32. The lowest BCUT2D eigenvalue weighted by molar-refractivity contribution is 0.101. The Morgan fingerprint density at radius 1 is 0.900 bits per heavy atom. The minimum absolute atomic E-state index is 0.0941. The van der Waals surface area contributed by atoms with Gasteiger partial charge in [0.1, 0.15) is 5.75 Å². The lowest BCUT2D eigenvalue weighted by Gasteiger charge is -2.42. The Hall–Kier alpha value is -1.09. The highest BCUT2D eigenvalue weighted by Gasteiger charge is 2.46. The average Bonchev–Trinajstić information content (AvgIpc) is 2.35. The third kappa shape index (κ3) is 3.32. The van der Waals surface area contributed by atoms with Crippen LogP contribution >= 0.6 is 0 Å². The van der Waals surface area contributed by atoms with Crippen molar-refractivity contribution in [3.63, 3.8) is 0 Å². The summed E-state index contributed by atoms with van der Waals surface area (Å²) >= 11 is 0. The third-order valence-corrected chi connectivity index (χ3v) is 10.3. The number of Topliss-reactive ketones (excluding diaryl/α,β-unsaturated/α-hetero) is 1. The van der Waals surface area contributed by atoms with Crippen LogP contribution in [0, 0.1) is 0 Å². The lowest BCUT2D eigenvalue weighted by Crippen LogP contribution is -2.50. The number of carbonyl (C=O) groups is 1. The van der Waals surface area contributed by atoms with Crippen LogP contribution in [0.2, 0.25) is 16.6 Å². The number of hydrogen-bond acceptors (Lipinski definition) is 2. The van der Waals surface area contributed by atoms with Gasteiger partial charge in [-0.1, -0.05) is 41.5 Å². The second-order valence-corrected chi connectivity index (χ2v) is 11.9. The van der Waals surface area contributed by atoms with E-state index in [0.29, 0.717) is 16.6 Å². The van der Waals surface area contributed by atoms with Gasteiger partial charge in [0.25, 0.3) is 8.32 Å². The molecule has 112 valence electrons. The third-order valence-electron chi connectivity index (χ3n) is 4.26. The van der Waals surface area contributed by atoms with Gasteiger partial charge in [0.05, 0.1) is 0 Å². The van der Waals surface area contributed by atoms with Crippen LogP contribution in [-0.4, -0.2) is 14.1 Å². The van der Waals surface area contributed by atoms with Crippen molar-refractivity contribution in [2.24, 2.45) is 0 Å². The van der Waals surface area contributed by atoms with Crippen LogP contribution in [0.15, 0.2) is 24.3 Å². The number of carbonyl (C=O) groups excluding carboxylic acids is 1. The van der Waals surface area contributed by atoms with Crippen molar-refractivity contribution < 1.29 is 9.22 Å². The topological polar surface area (TPSA) is 26.3 Å². The largest absolute Gasteiger partial charge is 0.543 e. The van der Waals surface area contributed by atoms with Crippen molar-refractivity contribution in [1.29, 1.82) is 0 Å². The molecule has 1 aromatic rings. The summed E-state index contributed by atoms with van der Waals surface area (Å²) in [6, 6.07) is 7.59. The SMILES string of the molecule is CC(=O)c1ccc(O[Si](C(C)C)(C(C)C)C(C)C)cc1. The number of ketones is 1. The van der Waals surface area contributed by atoms with E-state index in [1.165, 1.54) is 0 Å². The van der Waals surface area contributed by atoms with Crippen molar-refractivity contribution in [3.8, 4) is 5.75 Å². The lowest BCUT2D eigenvalue weighted by atomic mass is 10.1. The Morgan fingerprint density at radius 2 is 1.30 bits per heavy atom. The molecule has 0 aliphatic carbocycles. The van der Waals surface area contributed by atoms with Gasteiger partial charge in [-0.15, -0.1) is 0 Å². The minimum Gasteiger partial charge on any atom is -0.543 e. The van der Waals surface area contributed by atoms with Gasteiger partial charge in [0.2, 0.25) is 0 Å². The second-order valence-electron chi connectivity index (χ2n) is 6.50. The predicted octanol–water partition coefficient (Wildman–Crippen LogP) is 5.44. The minimum atomic E-state index is -1.90. The van der Waals surface area contributed by atoms with E-state index in [-0.39, 0.29) is 5.78 Å². The molecular formula is C17H28O2Si. The van der Waals surface area contributed by atoms with E-state index in [4.69, 9.17) is 4.43 Å². The van der Waals surface area contributed by atoms with Crippen LogP contribution in [0.5, 0.6) is 5.75 Å². The number of rotatable bonds is 6. The van der Waals surface area contributed by atoms with Crippen LogP contribution in [0.4, 0.5) is 0 Å². The van der Waals surface area contributed by atoms with E-state index < -0.39 is 8.32 Å². The Balaban J connectivity index is 3.10. The molecule has 0 spiro atoms. The summed E-state index contributed by atoms with van der Waals surface area (Å²) in [5.74, 6) is 0.995. The van der Waals surface area contributed by atoms with E-state index in [0.717, 1.165) is 11.3 Å². The van der Waals surface area contributed by atoms with Gasteiger partial charge in [-0.2, -0.15) is 0 Å². The fourth-order valence-corrected chi connectivity index (χ4v) is 8.57. The molecule has 0 unspecified atom stereocenters. The van der Waals surface area contributed by atoms with Crippen molar-refractivity contribution in [1.82, 2.24) is 0 Å². The summed E-state index contributed by atoms with van der Waals surface area (Å²) in [4.78, 5) is 11.3. The highest BCUT2D eigenvalue weighted by Crippen LogP contribution is 2.42. The maximum Gasteiger partial charge on any atom is 0.258 e. The van der Waals surface area contributed by atoms with Crippen molar-refractivity contribution in [2.75, 3.05) is 0 Å². The highest BCUT2D eigenvalue weighted by molar-refractivity contribution is 6.78. The van der Waals surface area contributed by atoms with E-state index in [2.05, 4.69) is 41.5 Å². The van der Waals surface area contributed by atoms with E-state index in [1.54, 1.807) is 6.92 Å². The fraction of sp³-hybridized carbons (Fsp3) is 0.588. The normalized spacial score (nSPS) is 12.3. The van der Waals surface area contributed by atoms with Crippen LogP contribution < -0.4 is 4.43 Å². The van der Waals surface area contributed by atoms with Crippen LogP contribution in [0.25, 0.3) is 0 Å². The Bertz CT molecular complexity index is 425. The first-order valence-electron chi connectivity index (χ1n) is 7.51. The molecule has 0 aliphatic heterocycles. The van der Waals surface area contributed by atoms with Gasteiger partial charge in [-0.25, -0.2) is 0 Å². The smallest absolute Gasteiger partial charge is 0.258 e. The molecule has 0 amide bonds. The van der Waals surface area contributed by atoms with E-state index >= 15 is 0 Å². The molecule has 2 nitrogen and oxygen atoms in total. The molecule has 3 heteroatoms. The van der Waals surface area contributed by atoms with Gasteiger partial charge in [0, 0.05) is 5.56 Å². The molecule has 0 saturated heterocycles. The molecule has 0 saturated carbocycles. The summed E-state index contributed by atoms with van der Waals surface area (Å²) in [6.45, 7) is 15.2. The predicted molar refractivity (Wildman–Crippen MR) is 88.1 cm³/mol. The number of benzene rings is 1. The molecule has 0 aromatic heterocycles. The molecule has 0 fully saturated rings. The van der Waals surface area contributed by atoms with Crippen LogP contribution in [-0.2, 0) is 0 Å². The Labute approximate surface area is 124 Å². The molecule has 0 atom stereocenters.